The molecular weight excluding hydrogens is 405 g/mol. The minimum absolute atomic E-state index is 0.115. The van der Waals surface area contributed by atoms with Crippen LogP contribution in [0.1, 0.15) is 41.0 Å². The molecule has 0 aromatic heterocycles. The number of amides is 1. The summed E-state index contributed by atoms with van der Waals surface area (Å²) in [6.07, 6.45) is 8.32. The van der Waals surface area contributed by atoms with Gasteiger partial charge < -0.3 is 0 Å². The number of halogens is 2. The molecule has 0 heterocycles. The van der Waals surface area contributed by atoms with Gasteiger partial charge in [-0.3, -0.25) is 0 Å². The van der Waals surface area contributed by atoms with E-state index in [0.29, 0.717) is 5.92 Å². The van der Waals surface area contributed by atoms with Crippen LogP contribution in [0.3, 0.4) is 0 Å². The molecule has 1 amide bonds. The van der Waals surface area contributed by atoms with Crippen LogP contribution in [-0.2, 0) is 17.2 Å². The zero-order valence-corrected chi connectivity index (χ0v) is 19.1. The molecule has 6 heteroatoms. The number of nitrogens with two attached hydrogens (primary N) is 1. The van der Waals surface area contributed by atoms with Crippen molar-refractivity contribution in [1.82, 2.24) is 0 Å². The average molecular weight is 431 g/mol. The van der Waals surface area contributed by atoms with Gasteiger partial charge in [-0.1, -0.05) is 0 Å². The summed E-state index contributed by atoms with van der Waals surface area (Å²) in [5.41, 5.74) is 8.03. The van der Waals surface area contributed by atoms with E-state index in [4.69, 9.17) is 24.3 Å². The molecule has 4 rings (SSSR count). The van der Waals surface area contributed by atoms with E-state index in [0.717, 1.165) is 25.7 Å². The average Bonchev–Trinajstić information content (AvgIpc) is 3.28. The first-order chi connectivity index (χ1) is 11.7. The van der Waals surface area contributed by atoms with Crippen LogP contribution in [0.2, 0.25) is 17.3 Å². The van der Waals surface area contributed by atoms with Gasteiger partial charge in [-0.25, -0.2) is 0 Å². The van der Waals surface area contributed by atoms with Gasteiger partial charge in [0, 0.05) is 0 Å². The zero-order chi connectivity index (χ0) is 18.1. The van der Waals surface area contributed by atoms with Gasteiger partial charge in [-0.15, -0.1) is 0 Å². The van der Waals surface area contributed by atoms with E-state index in [2.05, 4.69) is 49.5 Å². The van der Waals surface area contributed by atoms with Crippen molar-refractivity contribution < 1.29 is 17.2 Å². The Balaban J connectivity index is 1.89. The summed E-state index contributed by atoms with van der Waals surface area (Å²) in [4.78, 5) is 12.6. The van der Waals surface area contributed by atoms with E-state index < -0.39 is 24.5 Å². The molecule has 3 aliphatic rings. The number of carbonyl (C=O) groups is 1. The van der Waals surface area contributed by atoms with Crippen molar-refractivity contribution in [3.63, 3.8) is 0 Å². The molecule has 25 heavy (non-hydrogen) atoms. The predicted octanol–water partition coefficient (Wildman–Crippen LogP) is 5.20. The van der Waals surface area contributed by atoms with E-state index in [9.17, 15) is 4.79 Å². The molecule has 135 valence electrons. The monoisotopic (exact) mass is 430 g/mol. The number of rotatable bonds is 4. The maximum atomic E-state index is 12.6. The second-order valence-electron chi connectivity index (χ2n) is 8.76. The Morgan fingerprint density at radius 3 is 2.68 bits per heavy atom. The van der Waals surface area contributed by atoms with Gasteiger partial charge >= 0.3 is 160 Å². The van der Waals surface area contributed by atoms with Crippen molar-refractivity contribution >= 4 is 37.3 Å². The van der Waals surface area contributed by atoms with Gasteiger partial charge in [0.25, 0.3) is 0 Å². The van der Waals surface area contributed by atoms with Crippen LogP contribution in [0.15, 0.2) is 30.3 Å². The molecule has 3 aliphatic carbocycles. The first-order valence-corrected chi connectivity index (χ1v) is 21.0. The molecule has 2 bridgehead atoms. The van der Waals surface area contributed by atoms with Crippen LogP contribution < -0.4 is 5.73 Å². The quantitative estimate of drug-likeness (QED) is 0.655. The second-order valence-corrected chi connectivity index (χ2v) is 38.3. The van der Waals surface area contributed by atoms with Crippen LogP contribution >= 0.6 is 18.6 Å². The summed E-state index contributed by atoms with van der Waals surface area (Å²) < 4.78 is 0.236. The first kappa shape index (κ1) is 18.3. The SMILES string of the molecule is C[SiH](C)[Ti]([Cl])([Cl])([CH]1C=Cc2ccccc21)[CH]1CC2CCC1(C(N)=O)C2. The molecule has 4 atom stereocenters. The van der Waals surface area contributed by atoms with Crippen molar-refractivity contribution in [1.29, 1.82) is 0 Å². The summed E-state index contributed by atoms with van der Waals surface area (Å²) in [5, 5.41) is 0. The molecule has 4 unspecified atom stereocenters. The topological polar surface area (TPSA) is 43.1 Å². The summed E-state index contributed by atoms with van der Waals surface area (Å²) in [6.45, 7) is 3.16. The van der Waals surface area contributed by atoms with E-state index in [1.165, 1.54) is 11.1 Å². The summed E-state index contributed by atoms with van der Waals surface area (Å²) in [7, 11) is 15.5. The van der Waals surface area contributed by atoms with E-state index in [1.807, 2.05) is 0 Å². The number of hydrogen-bond acceptors (Lipinski definition) is 1. The summed E-state index contributed by atoms with van der Waals surface area (Å²) >= 11 is -4.09. The van der Waals surface area contributed by atoms with Crippen molar-refractivity contribution in [3.8, 4) is 0 Å². The Kier molecular flexibility index (Phi) is 4.19. The third-order valence-corrected chi connectivity index (χ3v) is 44.1. The molecule has 1 aromatic rings. The van der Waals surface area contributed by atoms with Crippen LogP contribution in [-0.4, -0.2) is 12.6 Å². The number of allylic oxidation sites excluding steroid dienone is 1. The fourth-order valence-corrected chi connectivity index (χ4v) is 28.1. The number of fused-ring (bicyclic) bond motifs is 3. The van der Waals surface area contributed by atoms with Crippen molar-refractivity contribution in [3.05, 3.63) is 41.5 Å². The van der Waals surface area contributed by atoms with Crippen molar-refractivity contribution in [2.45, 2.75) is 47.2 Å². The van der Waals surface area contributed by atoms with Gasteiger partial charge in [0.05, 0.1) is 0 Å². The number of carbonyl (C=O) groups excluding carboxylic acids is 1. The van der Waals surface area contributed by atoms with Crippen LogP contribution in [0, 0.1) is 11.3 Å². The normalized spacial score (nSPS) is 34.9. The van der Waals surface area contributed by atoms with Crippen molar-refractivity contribution in [2.75, 3.05) is 0 Å². The molecule has 0 radical (unpaired) electrons. The van der Waals surface area contributed by atoms with Crippen LogP contribution in [0.25, 0.3) is 6.08 Å². The van der Waals surface area contributed by atoms with Crippen LogP contribution in [0.4, 0.5) is 0 Å². The van der Waals surface area contributed by atoms with Gasteiger partial charge in [-0.05, 0) is 0 Å². The Morgan fingerprint density at radius 1 is 1.32 bits per heavy atom. The van der Waals surface area contributed by atoms with Gasteiger partial charge in [0.15, 0.2) is 0 Å². The van der Waals surface area contributed by atoms with Crippen LogP contribution in [0.5, 0.6) is 0 Å². The molecule has 2 nitrogen and oxygen atoms in total. The third-order valence-electron chi connectivity index (χ3n) is 7.54. The Hall–Kier alpha value is -0.0588. The molecule has 0 saturated heterocycles. The van der Waals surface area contributed by atoms with Gasteiger partial charge in [0.1, 0.15) is 0 Å². The molecule has 1 aromatic carbocycles. The fourth-order valence-electron chi connectivity index (χ4n) is 6.11. The molecule has 0 spiro atoms. The number of primary amides is 1. The third kappa shape index (κ3) is 2.29. The molecule has 2 N–H and O–H groups in total. The zero-order valence-electron chi connectivity index (χ0n) is 14.8. The Bertz CT molecular complexity index is 780. The fraction of sp³-hybridized carbons (Fsp3) is 0.526. The predicted molar refractivity (Wildman–Crippen MR) is 106 cm³/mol. The summed E-state index contributed by atoms with van der Waals surface area (Å²) in [5.74, 6) is 0.422. The maximum absolute atomic E-state index is 12.6. The summed E-state index contributed by atoms with van der Waals surface area (Å²) in [6, 6.07) is 8.45. The standard InChI is InChI=1S/C9H7.C8H12NO.C2H7Si.2ClH.Ti/c1-2-5-9-7-3-6-8(9)4-1;9-7(10)8-3-1-6(5-8)2-4-8;1-3-2;;;/h1-7H;3,6H,1-2,4-5H2,(H2,9,10);3H,1-2H3;2*1H;/q;;;;;+2/p-2. The first-order valence-electron chi connectivity index (χ1n) is 9.34. The molecule has 0 aliphatic heterocycles. The second kappa shape index (κ2) is 5.72. The van der Waals surface area contributed by atoms with Gasteiger partial charge in [-0.2, -0.15) is 0 Å². The molecule has 2 saturated carbocycles. The molecule has 2 fully saturated rings. The van der Waals surface area contributed by atoms with Gasteiger partial charge in [0.2, 0.25) is 0 Å². The number of hydrogen-bond donors (Lipinski definition) is 1. The minimum atomic E-state index is -4.09. The van der Waals surface area contributed by atoms with E-state index >= 15 is 0 Å². The Labute approximate surface area is 159 Å². The van der Waals surface area contributed by atoms with Crippen molar-refractivity contribution in [2.24, 2.45) is 17.1 Å². The number of benzene rings is 1. The van der Waals surface area contributed by atoms with E-state index in [1.54, 1.807) is 0 Å². The van der Waals surface area contributed by atoms with E-state index in [-0.39, 0.29) is 14.4 Å². The molecular formula is C19H26Cl2NOSiTi. The Morgan fingerprint density at radius 2 is 2.04 bits per heavy atom.